The van der Waals surface area contributed by atoms with Crippen LogP contribution in [0.4, 0.5) is 0 Å². The first-order chi connectivity index (χ1) is 12.5. The van der Waals surface area contributed by atoms with Gasteiger partial charge in [0.1, 0.15) is 0 Å². The molecule has 0 unspecified atom stereocenters. The number of hydrogen-bond donors (Lipinski definition) is 2. The van der Waals surface area contributed by atoms with E-state index in [9.17, 15) is 14.4 Å². The summed E-state index contributed by atoms with van der Waals surface area (Å²) in [5, 5.41) is 13.8. The lowest BCUT2D eigenvalue weighted by atomic mass is 10.00. The van der Waals surface area contributed by atoms with Crippen LogP contribution in [0.15, 0.2) is 41.3 Å². The van der Waals surface area contributed by atoms with Gasteiger partial charge in [-0.15, -0.1) is 11.3 Å². The van der Waals surface area contributed by atoms with Gasteiger partial charge < -0.3 is 10.4 Å². The maximum atomic E-state index is 12.2. The topological polar surface area (TPSA) is 96.4 Å². The molecular weight excluding hydrogens is 352 g/mol. The number of amides is 1. The third-order valence-electron chi connectivity index (χ3n) is 4.19. The van der Waals surface area contributed by atoms with E-state index in [-0.39, 0.29) is 23.8 Å². The van der Waals surface area contributed by atoms with Gasteiger partial charge in [0.2, 0.25) is 5.91 Å². The number of carbonyl (C=O) groups is 3. The average Bonchev–Trinajstić information content (AvgIpc) is 3.24. The fourth-order valence-corrected chi connectivity index (χ4v) is 3.70. The molecule has 0 saturated carbocycles. The smallest absolute Gasteiger partial charge is 0.355 e. The second-order valence-corrected chi connectivity index (χ2v) is 6.90. The summed E-state index contributed by atoms with van der Waals surface area (Å²) in [7, 11) is 0. The Balaban J connectivity index is 1.58. The van der Waals surface area contributed by atoms with Crippen LogP contribution >= 0.6 is 11.3 Å². The highest BCUT2D eigenvalue weighted by atomic mass is 32.1. The molecule has 26 heavy (non-hydrogen) atoms. The number of rotatable bonds is 7. The van der Waals surface area contributed by atoms with Crippen molar-refractivity contribution >= 4 is 34.6 Å². The summed E-state index contributed by atoms with van der Waals surface area (Å²) in [6.07, 6.45) is 1.65. The fourth-order valence-electron chi connectivity index (χ4n) is 2.93. The molecule has 0 bridgehead atoms. The summed E-state index contributed by atoms with van der Waals surface area (Å²) in [5.74, 6) is -1.24. The minimum atomic E-state index is -1.06. The second kappa shape index (κ2) is 8.05. The van der Waals surface area contributed by atoms with E-state index in [2.05, 4.69) is 10.3 Å². The Hall–Kier alpha value is -2.80. The summed E-state index contributed by atoms with van der Waals surface area (Å²) in [6.45, 7) is 0.355. The van der Waals surface area contributed by atoms with Crippen LogP contribution in [-0.2, 0) is 16.0 Å². The second-order valence-electron chi connectivity index (χ2n) is 5.95. The number of thiazole rings is 1. The highest BCUT2D eigenvalue weighted by Crippen LogP contribution is 2.33. The highest BCUT2D eigenvalue weighted by molar-refractivity contribution is 7.09. The summed E-state index contributed by atoms with van der Waals surface area (Å²) in [6, 6.07) is 9.66. The van der Waals surface area contributed by atoms with E-state index in [0.29, 0.717) is 36.4 Å². The Morgan fingerprint density at radius 3 is 2.65 bits per heavy atom. The molecule has 0 saturated heterocycles. The summed E-state index contributed by atoms with van der Waals surface area (Å²) in [4.78, 5) is 39.2. The van der Waals surface area contributed by atoms with Gasteiger partial charge in [-0.1, -0.05) is 30.3 Å². The van der Waals surface area contributed by atoms with Crippen molar-refractivity contribution in [3.05, 3.63) is 57.6 Å². The Kier molecular flexibility index (Phi) is 5.58. The van der Waals surface area contributed by atoms with Crippen LogP contribution in [0.2, 0.25) is 0 Å². The summed E-state index contributed by atoms with van der Waals surface area (Å²) < 4.78 is 0. The Morgan fingerprint density at radius 2 is 1.96 bits per heavy atom. The SMILES string of the molecule is O=C(CC1=C(c2ccccc2)CCC1=O)NCCc1nc(C(=O)O)cs1. The van der Waals surface area contributed by atoms with Gasteiger partial charge in [0, 0.05) is 30.3 Å². The predicted molar refractivity (Wildman–Crippen MR) is 98.0 cm³/mol. The molecule has 2 aromatic rings. The van der Waals surface area contributed by atoms with Crippen LogP contribution in [0.1, 0.15) is 40.3 Å². The number of carboxylic acids is 1. The van der Waals surface area contributed by atoms with E-state index in [1.807, 2.05) is 30.3 Å². The first-order valence-corrected chi connectivity index (χ1v) is 9.17. The van der Waals surface area contributed by atoms with E-state index >= 15 is 0 Å². The van der Waals surface area contributed by atoms with Crippen LogP contribution < -0.4 is 5.32 Å². The van der Waals surface area contributed by atoms with Gasteiger partial charge in [-0.2, -0.15) is 0 Å². The van der Waals surface area contributed by atoms with Crippen LogP contribution in [0.5, 0.6) is 0 Å². The minimum absolute atomic E-state index is 0.0190. The molecule has 6 nitrogen and oxygen atoms in total. The number of hydrogen-bond acceptors (Lipinski definition) is 5. The van der Waals surface area contributed by atoms with Crippen molar-refractivity contribution in [2.75, 3.05) is 6.54 Å². The van der Waals surface area contributed by atoms with Crippen LogP contribution in [0.25, 0.3) is 5.57 Å². The first-order valence-electron chi connectivity index (χ1n) is 8.29. The number of nitrogens with zero attached hydrogens (tertiary/aromatic N) is 1. The maximum Gasteiger partial charge on any atom is 0.355 e. The number of nitrogens with one attached hydrogen (secondary N) is 1. The number of aromatic nitrogens is 1. The molecule has 0 fully saturated rings. The molecule has 1 aliphatic carbocycles. The van der Waals surface area contributed by atoms with Gasteiger partial charge >= 0.3 is 5.97 Å². The lowest BCUT2D eigenvalue weighted by Crippen LogP contribution is -2.26. The number of carbonyl (C=O) groups excluding carboxylic acids is 2. The Labute approximate surface area is 154 Å². The molecule has 134 valence electrons. The van der Waals surface area contributed by atoms with E-state index in [0.717, 1.165) is 11.1 Å². The largest absolute Gasteiger partial charge is 0.476 e. The zero-order valence-corrected chi connectivity index (χ0v) is 14.8. The molecule has 7 heteroatoms. The third kappa shape index (κ3) is 4.23. The van der Waals surface area contributed by atoms with Gasteiger partial charge in [-0.25, -0.2) is 9.78 Å². The normalized spacial score (nSPS) is 13.9. The number of benzene rings is 1. The molecule has 1 aliphatic rings. The van der Waals surface area contributed by atoms with Gasteiger partial charge in [-0.3, -0.25) is 9.59 Å². The van der Waals surface area contributed by atoms with Crippen LogP contribution in [-0.4, -0.2) is 34.3 Å². The standard InChI is InChI=1S/C19H18N2O4S/c22-16-7-6-13(12-4-2-1-3-5-12)14(16)10-17(23)20-9-8-18-21-15(11-26-18)19(24)25/h1-5,11H,6-10H2,(H,20,23)(H,24,25). The van der Waals surface area contributed by atoms with Crippen LogP contribution in [0, 0.1) is 0 Å². The molecule has 2 N–H and O–H groups in total. The Morgan fingerprint density at radius 1 is 1.19 bits per heavy atom. The molecule has 0 radical (unpaired) electrons. The Bertz CT molecular complexity index is 871. The average molecular weight is 370 g/mol. The predicted octanol–water partition coefficient (Wildman–Crippen LogP) is 2.71. The minimum Gasteiger partial charge on any atom is -0.476 e. The lowest BCUT2D eigenvalue weighted by Gasteiger charge is -2.08. The van der Waals surface area contributed by atoms with Crippen molar-refractivity contribution in [1.29, 1.82) is 0 Å². The first kappa shape index (κ1) is 18.0. The van der Waals surface area contributed by atoms with E-state index in [4.69, 9.17) is 5.11 Å². The van der Waals surface area contributed by atoms with Crippen molar-refractivity contribution < 1.29 is 19.5 Å². The molecule has 1 amide bonds. The quantitative estimate of drug-likeness (QED) is 0.781. The molecule has 1 heterocycles. The fraction of sp³-hybridized carbons (Fsp3) is 0.263. The summed E-state index contributed by atoms with van der Waals surface area (Å²) in [5.41, 5.74) is 2.56. The van der Waals surface area contributed by atoms with E-state index in [1.165, 1.54) is 16.7 Å². The number of Topliss-reactive ketones (excluding diaryl/α,β-unsaturated/α-hetero) is 1. The third-order valence-corrected chi connectivity index (χ3v) is 5.10. The lowest BCUT2D eigenvalue weighted by molar-refractivity contribution is -0.122. The number of allylic oxidation sites excluding steroid dienone is 1. The molecule has 1 aromatic carbocycles. The molecule has 3 rings (SSSR count). The molecule has 0 spiro atoms. The van der Waals surface area contributed by atoms with Crippen molar-refractivity contribution in [2.24, 2.45) is 0 Å². The van der Waals surface area contributed by atoms with Crippen molar-refractivity contribution in [1.82, 2.24) is 10.3 Å². The van der Waals surface area contributed by atoms with Crippen molar-refractivity contribution in [3.63, 3.8) is 0 Å². The van der Waals surface area contributed by atoms with Gasteiger partial charge in [-0.05, 0) is 17.6 Å². The highest BCUT2D eigenvalue weighted by Gasteiger charge is 2.25. The molecular formula is C19H18N2O4S. The van der Waals surface area contributed by atoms with Crippen molar-refractivity contribution in [3.8, 4) is 0 Å². The molecule has 1 aromatic heterocycles. The van der Waals surface area contributed by atoms with Gasteiger partial charge in [0.05, 0.1) is 11.4 Å². The monoisotopic (exact) mass is 370 g/mol. The molecule has 0 atom stereocenters. The van der Waals surface area contributed by atoms with E-state index in [1.54, 1.807) is 0 Å². The zero-order chi connectivity index (χ0) is 18.5. The van der Waals surface area contributed by atoms with Crippen molar-refractivity contribution in [2.45, 2.75) is 25.7 Å². The zero-order valence-electron chi connectivity index (χ0n) is 14.0. The van der Waals surface area contributed by atoms with Gasteiger partial charge in [0.15, 0.2) is 11.5 Å². The summed E-state index contributed by atoms with van der Waals surface area (Å²) >= 11 is 1.25. The van der Waals surface area contributed by atoms with E-state index < -0.39 is 5.97 Å². The molecule has 0 aliphatic heterocycles. The number of aromatic carboxylic acids is 1. The number of carboxylic acid groups (broad SMARTS) is 1. The number of ketones is 1. The van der Waals surface area contributed by atoms with Gasteiger partial charge in [0.25, 0.3) is 0 Å². The maximum absolute atomic E-state index is 12.2. The van der Waals surface area contributed by atoms with Crippen LogP contribution in [0.3, 0.4) is 0 Å².